The molecule has 0 aliphatic rings. The molecule has 6 nitrogen and oxygen atoms in total. The molecule has 0 saturated carbocycles. The topological polar surface area (TPSA) is 93.9 Å². The van der Waals surface area contributed by atoms with Crippen LogP contribution in [0.2, 0.25) is 5.02 Å². The summed E-state index contributed by atoms with van der Waals surface area (Å²) in [6.07, 6.45) is 0. The molecule has 0 spiro atoms. The van der Waals surface area contributed by atoms with E-state index in [4.69, 9.17) is 27.3 Å². The number of aromatic nitrogens is 2. The first-order chi connectivity index (χ1) is 9.99. The van der Waals surface area contributed by atoms with Gasteiger partial charge in [0, 0.05) is 0 Å². The zero-order chi connectivity index (χ0) is 15.6. The normalized spacial score (nSPS) is 10.2. The van der Waals surface area contributed by atoms with Crippen LogP contribution in [-0.2, 0) is 4.74 Å². The van der Waals surface area contributed by atoms with Gasteiger partial charge in [-0.05, 0) is 32.0 Å². The summed E-state index contributed by atoms with van der Waals surface area (Å²) in [6, 6.07) is 6.80. The number of aryl methyl sites for hydroxylation is 1. The third kappa shape index (κ3) is 2.69. The Hall–Kier alpha value is -2.52. The quantitative estimate of drug-likeness (QED) is 0.879. The number of carbonyl (C=O) groups is 1. The van der Waals surface area contributed by atoms with Crippen LogP contribution in [0.4, 0.5) is 5.82 Å². The first-order valence-electron chi connectivity index (χ1n) is 6.21. The number of nitrogen functional groups attached to an aromatic ring is 1. The summed E-state index contributed by atoms with van der Waals surface area (Å²) in [7, 11) is 0. The second-order valence-corrected chi connectivity index (χ2v) is 4.63. The van der Waals surface area contributed by atoms with Crippen LogP contribution in [0.1, 0.15) is 28.8 Å². The molecule has 2 N–H and O–H groups in total. The van der Waals surface area contributed by atoms with Crippen LogP contribution in [0.3, 0.4) is 0 Å². The van der Waals surface area contributed by atoms with Crippen molar-refractivity contribution in [1.82, 2.24) is 9.55 Å². The van der Waals surface area contributed by atoms with Gasteiger partial charge in [-0.2, -0.15) is 5.26 Å². The van der Waals surface area contributed by atoms with Gasteiger partial charge in [0.05, 0.1) is 28.9 Å². The van der Waals surface area contributed by atoms with Crippen LogP contribution >= 0.6 is 11.6 Å². The number of hydrogen-bond acceptors (Lipinski definition) is 5. The van der Waals surface area contributed by atoms with Gasteiger partial charge in [-0.15, -0.1) is 0 Å². The highest BCUT2D eigenvalue weighted by Crippen LogP contribution is 2.27. The fraction of sp³-hybridized carbons (Fsp3) is 0.214. The van der Waals surface area contributed by atoms with Gasteiger partial charge < -0.3 is 10.5 Å². The molecule has 0 bridgehead atoms. The minimum atomic E-state index is -0.582. The molecule has 1 aromatic carbocycles. The average molecular weight is 305 g/mol. The Morgan fingerprint density at radius 1 is 1.57 bits per heavy atom. The van der Waals surface area contributed by atoms with Gasteiger partial charge in [-0.1, -0.05) is 11.6 Å². The van der Waals surface area contributed by atoms with Crippen LogP contribution in [0, 0.1) is 18.3 Å². The van der Waals surface area contributed by atoms with Crippen molar-refractivity contribution in [2.45, 2.75) is 13.8 Å². The molecule has 108 valence electrons. The van der Waals surface area contributed by atoms with E-state index < -0.39 is 5.97 Å². The Balaban J connectivity index is 2.56. The van der Waals surface area contributed by atoms with E-state index in [1.54, 1.807) is 30.5 Å². The Morgan fingerprint density at radius 2 is 2.29 bits per heavy atom. The Kier molecular flexibility index (Phi) is 4.15. The largest absolute Gasteiger partial charge is 0.461 e. The minimum absolute atomic E-state index is 0.0507. The molecule has 21 heavy (non-hydrogen) atoms. The third-order valence-corrected chi connectivity index (χ3v) is 3.17. The Bertz CT molecular complexity index is 746. The summed E-state index contributed by atoms with van der Waals surface area (Å²) in [5.41, 5.74) is 7.02. The Morgan fingerprint density at radius 3 is 2.86 bits per heavy atom. The van der Waals surface area contributed by atoms with Crippen molar-refractivity contribution in [1.29, 1.82) is 5.26 Å². The summed E-state index contributed by atoms with van der Waals surface area (Å²) < 4.78 is 6.46. The van der Waals surface area contributed by atoms with Gasteiger partial charge in [0.15, 0.2) is 5.69 Å². The molecule has 1 heterocycles. The number of benzene rings is 1. The predicted octanol–water partition coefficient (Wildman–Crippen LogP) is 2.46. The average Bonchev–Trinajstić information content (AvgIpc) is 2.75. The van der Waals surface area contributed by atoms with Crippen LogP contribution in [-0.4, -0.2) is 22.1 Å². The van der Waals surface area contributed by atoms with Gasteiger partial charge in [0.1, 0.15) is 11.6 Å². The number of carbonyl (C=O) groups excluding carboxylic acids is 1. The fourth-order valence-corrected chi connectivity index (χ4v) is 2.23. The summed E-state index contributed by atoms with van der Waals surface area (Å²) in [5.74, 6) is 0.0707. The summed E-state index contributed by atoms with van der Waals surface area (Å²) in [6.45, 7) is 3.64. The maximum Gasteiger partial charge on any atom is 0.360 e. The fourth-order valence-electron chi connectivity index (χ4n) is 1.96. The van der Waals surface area contributed by atoms with E-state index in [0.29, 0.717) is 22.1 Å². The molecular formula is C14H13ClN4O2. The molecule has 0 atom stereocenters. The molecular weight excluding hydrogens is 292 g/mol. The zero-order valence-corrected chi connectivity index (χ0v) is 12.3. The van der Waals surface area contributed by atoms with Crippen LogP contribution in [0.25, 0.3) is 5.69 Å². The van der Waals surface area contributed by atoms with E-state index in [9.17, 15) is 4.79 Å². The van der Waals surface area contributed by atoms with Gasteiger partial charge >= 0.3 is 5.97 Å². The highest BCUT2D eigenvalue weighted by atomic mass is 35.5. The van der Waals surface area contributed by atoms with Crippen molar-refractivity contribution >= 4 is 23.4 Å². The number of imidazole rings is 1. The van der Waals surface area contributed by atoms with Crippen molar-refractivity contribution in [2.24, 2.45) is 0 Å². The van der Waals surface area contributed by atoms with E-state index in [1.807, 2.05) is 6.07 Å². The van der Waals surface area contributed by atoms with Crippen LogP contribution < -0.4 is 5.73 Å². The van der Waals surface area contributed by atoms with Crippen molar-refractivity contribution < 1.29 is 9.53 Å². The van der Waals surface area contributed by atoms with E-state index in [2.05, 4.69) is 4.98 Å². The first kappa shape index (κ1) is 14.9. The molecule has 0 aliphatic carbocycles. The summed E-state index contributed by atoms with van der Waals surface area (Å²) in [4.78, 5) is 15.9. The number of nitrogens with two attached hydrogens (primary N) is 1. The van der Waals surface area contributed by atoms with Crippen LogP contribution in [0.15, 0.2) is 18.2 Å². The molecule has 0 aliphatic heterocycles. The highest BCUT2D eigenvalue weighted by Gasteiger charge is 2.21. The van der Waals surface area contributed by atoms with Crippen molar-refractivity contribution in [3.63, 3.8) is 0 Å². The second-order valence-electron chi connectivity index (χ2n) is 4.23. The molecule has 7 heteroatoms. The zero-order valence-electron chi connectivity index (χ0n) is 11.6. The highest BCUT2D eigenvalue weighted by molar-refractivity contribution is 6.32. The van der Waals surface area contributed by atoms with Crippen molar-refractivity contribution in [2.75, 3.05) is 12.3 Å². The number of halogens is 1. The molecule has 0 fully saturated rings. The number of rotatable bonds is 3. The second kappa shape index (κ2) is 5.85. The smallest absolute Gasteiger partial charge is 0.360 e. The lowest BCUT2D eigenvalue weighted by atomic mass is 10.2. The maximum atomic E-state index is 11.8. The number of ether oxygens (including phenoxy) is 1. The lowest BCUT2D eigenvalue weighted by molar-refractivity contribution is 0.0521. The number of nitrogens with zero attached hydrogens (tertiary/aromatic N) is 3. The van der Waals surface area contributed by atoms with E-state index in [-0.39, 0.29) is 18.1 Å². The SMILES string of the molecule is CCOC(=O)c1nc(C)n(-c2ccc(C#N)cc2Cl)c1N. The number of hydrogen-bond donors (Lipinski definition) is 1. The lowest BCUT2D eigenvalue weighted by Crippen LogP contribution is -2.09. The van der Waals surface area contributed by atoms with E-state index in [1.165, 1.54) is 6.07 Å². The predicted molar refractivity (Wildman–Crippen MR) is 78.4 cm³/mol. The maximum absolute atomic E-state index is 11.8. The lowest BCUT2D eigenvalue weighted by Gasteiger charge is -2.10. The number of nitriles is 1. The van der Waals surface area contributed by atoms with Gasteiger partial charge in [-0.3, -0.25) is 4.57 Å². The Labute approximate surface area is 126 Å². The molecule has 0 radical (unpaired) electrons. The minimum Gasteiger partial charge on any atom is -0.461 e. The van der Waals surface area contributed by atoms with Gasteiger partial charge in [-0.25, -0.2) is 9.78 Å². The monoisotopic (exact) mass is 304 g/mol. The molecule has 0 saturated heterocycles. The van der Waals surface area contributed by atoms with E-state index in [0.717, 1.165) is 0 Å². The van der Waals surface area contributed by atoms with Crippen molar-refractivity contribution in [3.05, 3.63) is 40.3 Å². The molecule has 2 aromatic rings. The first-order valence-corrected chi connectivity index (χ1v) is 6.59. The third-order valence-electron chi connectivity index (χ3n) is 2.87. The summed E-state index contributed by atoms with van der Waals surface area (Å²) in [5, 5.41) is 9.20. The van der Waals surface area contributed by atoms with Gasteiger partial charge in [0.2, 0.25) is 0 Å². The standard InChI is InChI=1S/C14H13ClN4O2/c1-3-21-14(20)12-13(17)19(8(2)18-12)11-5-4-9(7-16)6-10(11)15/h4-6H,3,17H2,1-2H3. The van der Waals surface area contributed by atoms with E-state index >= 15 is 0 Å². The van der Waals surface area contributed by atoms with Gasteiger partial charge in [0.25, 0.3) is 0 Å². The van der Waals surface area contributed by atoms with Crippen molar-refractivity contribution in [3.8, 4) is 11.8 Å². The molecule has 0 unspecified atom stereocenters. The molecule has 2 rings (SSSR count). The summed E-state index contributed by atoms with van der Waals surface area (Å²) >= 11 is 6.17. The van der Waals surface area contributed by atoms with Crippen LogP contribution in [0.5, 0.6) is 0 Å². The molecule has 0 amide bonds. The number of esters is 1. The molecule has 1 aromatic heterocycles. The number of anilines is 1.